The van der Waals surface area contributed by atoms with Crippen molar-refractivity contribution in [3.05, 3.63) is 89.5 Å². The van der Waals surface area contributed by atoms with Gasteiger partial charge in [-0.15, -0.1) is 0 Å². The standard InChI is InChI=1S/C21H17N3O/c1-15-4-2-6-17(12-15)21(25)24-19-10-8-18(9-11-19)23-20-7-3-5-16(13-20)14-22/h2-13,23H,1H3,(H,24,25). The van der Waals surface area contributed by atoms with Crippen molar-refractivity contribution in [2.24, 2.45) is 0 Å². The molecule has 122 valence electrons. The number of hydrogen-bond acceptors (Lipinski definition) is 3. The number of benzene rings is 3. The average Bonchev–Trinajstić information content (AvgIpc) is 2.63. The van der Waals surface area contributed by atoms with Crippen LogP contribution in [0.1, 0.15) is 21.5 Å². The van der Waals surface area contributed by atoms with Crippen molar-refractivity contribution < 1.29 is 4.79 Å². The van der Waals surface area contributed by atoms with Crippen molar-refractivity contribution in [3.8, 4) is 6.07 Å². The molecular weight excluding hydrogens is 310 g/mol. The Bertz CT molecular complexity index is 940. The Kier molecular flexibility index (Phi) is 4.77. The lowest BCUT2D eigenvalue weighted by Crippen LogP contribution is -2.11. The minimum Gasteiger partial charge on any atom is -0.355 e. The quantitative estimate of drug-likeness (QED) is 0.719. The van der Waals surface area contributed by atoms with E-state index in [0.29, 0.717) is 11.1 Å². The summed E-state index contributed by atoms with van der Waals surface area (Å²) in [6.45, 7) is 1.96. The van der Waals surface area contributed by atoms with Gasteiger partial charge < -0.3 is 10.6 Å². The van der Waals surface area contributed by atoms with Crippen molar-refractivity contribution in [3.63, 3.8) is 0 Å². The molecule has 0 spiro atoms. The lowest BCUT2D eigenvalue weighted by atomic mass is 10.1. The van der Waals surface area contributed by atoms with Crippen LogP contribution >= 0.6 is 0 Å². The number of hydrogen-bond donors (Lipinski definition) is 2. The Balaban J connectivity index is 1.68. The second-order valence-electron chi connectivity index (χ2n) is 5.72. The highest BCUT2D eigenvalue weighted by Gasteiger charge is 2.06. The highest BCUT2D eigenvalue weighted by Crippen LogP contribution is 2.20. The van der Waals surface area contributed by atoms with Gasteiger partial charge in [0.25, 0.3) is 5.91 Å². The molecule has 0 unspecified atom stereocenters. The molecule has 1 amide bonds. The van der Waals surface area contributed by atoms with Gasteiger partial charge in [0.15, 0.2) is 0 Å². The number of amides is 1. The summed E-state index contributed by atoms with van der Waals surface area (Å²) in [4.78, 5) is 12.3. The first-order chi connectivity index (χ1) is 12.1. The Morgan fingerprint density at radius 2 is 1.60 bits per heavy atom. The molecule has 0 saturated heterocycles. The Morgan fingerprint density at radius 3 is 2.32 bits per heavy atom. The van der Waals surface area contributed by atoms with E-state index in [2.05, 4.69) is 16.7 Å². The molecule has 0 atom stereocenters. The van der Waals surface area contributed by atoms with Crippen LogP contribution in [0.3, 0.4) is 0 Å². The molecule has 4 heteroatoms. The average molecular weight is 327 g/mol. The highest BCUT2D eigenvalue weighted by molar-refractivity contribution is 6.04. The molecule has 2 N–H and O–H groups in total. The van der Waals surface area contributed by atoms with Crippen LogP contribution in [0.4, 0.5) is 17.1 Å². The van der Waals surface area contributed by atoms with Gasteiger partial charge in [0, 0.05) is 22.6 Å². The first-order valence-electron chi connectivity index (χ1n) is 7.89. The Hall–Kier alpha value is -3.58. The zero-order valence-corrected chi connectivity index (χ0v) is 13.8. The van der Waals surface area contributed by atoms with Gasteiger partial charge in [0.2, 0.25) is 0 Å². The predicted octanol–water partition coefficient (Wildman–Crippen LogP) is 4.86. The number of anilines is 3. The summed E-state index contributed by atoms with van der Waals surface area (Å²) in [5.41, 5.74) is 4.73. The molecule has 4 nitrogen and oxygen atoms in total. The van der Waals surface area contributed by atoms with Gasteiger partial charge in [-0.1, -0.05) is 23.8 Å². The lowest BCUT2D eigenvalue weighted by molar-refractivity contribution is 0.102. The molecule has 0 radical (unpaired) electrons. The minimum absolute atomic E-state index is 0.133. The highest BCUT2D eigenvalue weighted by atomic mass is 16.1. The normalized spacial score (nSPS) is 9.92. The van der Waals surface area contributed by atoms with Crippen LogP contribution in [0, 0.1) is 18.3 Å². The maximum Gasteiger partial charge on any atom is 0.255 e. The van der Waals surface area contributed by atoms with Crippen LogP contribution in [-0.4, -0.2) is 5.91 Å². The third kappa shape index (κ3) is 4.24. The Labute approximate surface area is 146 Å². The number of aryl methyl sites for hydroxylation is 1. The monoisotopic (exact) mass is 327 g/mol. The molecule has 0 aliphatic rings. The smallest absolute Gasteiger partial charge is 0.255 e. The maximum absolute atomic E-state index is 12.3. The van der Waals surface area contributed by atoms with E-state index in [9.17, 15) is 4.79 Å². The predicted molar refractivity (Wildman–Crippen MR) is 100 cm³/mol. The second kappa shape index (κ2) is 7.33. The van der Waals surface area contributed by atoms with E-state index in [1.54, 1.807) is 18.2 Å². The van der Waals surface area contributed by atoms with Crippen LogP contribution < -0.4 is 10.6 Å². The van der Waals surface area contributed by atoms with Gasteiger partial charge in [-0.25, -0.2) is 0 Å². The second-order valence-corrected chi connectivity index (χ2v) is 5.72. The van der Waals surface area contributed by atoms with Crippen LogP contribution in [-0.2, 0) is 0 Å². The molecule has 0 heterocycles. The number of nitrogens with one attached hydrogen (secondary N) is 2. The summed E-state index contributed by atoms with van der Waals surface area (Å²) in [6.07, 6.45) is 0. The summed E-state index contributed by atoms with van der Waals surface area (Å²) >= 11 is 0. The summed E-state index contributed by atoms with van der Waals surface area (Å²) in [5, 5.41) is 15.1. The summed E-state index contributed by atoms with van der Waals surface area (Å²) < 4.78 is 0. The molecule has 0 aromatic heterocycles. The fourth-order valence-corrected chi connectivity index (χ4v) is 2.46. The molecule has 0 bridgehead atoms. The van der Waals surface area contributed by atoms with Gasteiger partial charge in [0.05, 0.1) is 11.6 Å². The van der Waals surface area contributed by atoms with Gasteiger partial charge in [0.1, 0.15) is 0 Å². The largest absolute Gasteiger partial charge is 0.355 e. The van der Waals surface area contributed by atoms with E-state index in [0.717, 1.165) is 22.6 Å². The van der Waals surface area contributed by atoms with Gasteiger partial charge in [-0.3, -0.25) is 4.79 Å². The summed E-state index contributed by atoms with van der Waals surface area (Å²) in [7, 11) is 0. The molecule has 3 aromatic carbocycles. The van der Waals surface area contributed by atoms with Gasteiger partial charge in [-0.2, -0.15) is 5.26 Å². The molecule has 3 rings (SSSR count). The molecule has 0 fully saturated rings. The van der Waals surface area contributed by atoms with E-state index in [4.69, 9.17) is 5.26 Å². The maximum atomic E-state index is 12.3. The number of carbonyl (C=O) groups excluding carboxylic acids is 1. The van der Waals surface area contributed by atoms with E-state index >= 15 is 0 Å². The molecule has 3 aromatic rings. The van der Waals surface area contributed by atoms with E-state index in [-0.39, 0.29) is 5.91 Å². The first kappa shape index (κ1) is 16.3. The van der Waals surface area contributed by atoms with Crippen molar-refractivity contribution in [2.75, 3.05) is 10.6 Å². The fraction of sp³-hybridized carbons (Fsp3) is 0.0476. The SMILES string of the molecule is Cc1cccc(C(=O)Nc2ccc(Nc3cccc(C#N)c3)cc2)c1. The zero-order valence-electron chi connectivity index (χ0n) is 13.8. The van der Waals surface area contributed by atoms with Crippen molar-refractivity contribution in [1.29, 1.82) is 5.26 Å². The summed E-state index contributed by atoms with van der Waals surface area (Å²) in [5.74, 6) is -0.133. The van der Waals surface area contributed by atoms with Crippen LogP contribution in [0.25, 0.3) is 0 Å². The molecular formula is C21H17N3O. The molecule has 0 saturated carbocycles. The molecule has 0 aliphatic heterocycles. The van der Waals surface area contributed by atoms with Crippen molar-refractivity contribution in [1.82, 2.24) is 0 Å². The van der Waals surface area contributed by atoms with E-state index in [1.807, 2.05) is 61.5 Å². The third-order valence-corrected chi connectivity index (χ3v) is 3.70. The lowest BCUT2D eigenvalue weighted by Gasteiger charge is -2.09. The number of nitriles is 1. The van der Waals surface area contributed by atoms with E-state index in [1.165, 1.54) is 0 Å². The van der Waals surface area contributed by atoms with Crippen molar-refractivity contribution >= 4 is 23.0 Å². The number of rotatable bonds is 4. The van der Waals surface area contributed by atoms with Crippen LogP contribution in [0.5, 0.6) is 0 Å². The number of nitrogens with zero attached hydrogens (tertiary/aromatic N) is 1. The minimum atomic E-state index is -0.133. The van der Waals surface area contributed by atoms with Gasteiger partial charge >= 0.3 is 0 Å². The summed E-state index contributed by atoms with van der Waals surface area (Å²) in [6, 6.07) is 24.3. The Morgan fingerprint density at radius 1 is 0.880 bits per heavy atom. The van der Waals surface area contributed by atoms with E-state index < -0.39 is 0 Å². The molecule has 0 aliphatic carbocycles. The zero-order chi connectivity index (χ0) is 17.6. The topological polar surface area (TPSA) is 64.9 Å². The van der Waals surface area contributed by atoms with Crippen LogP contribution in [0.2, 0.25) is 0 Å². The number of carbonyl (C=O) groups is 1. The molecule has 25 heavy (non-hydrogen) atoms. The fourth-order valence-electron chi connectivity index (χ4n) is 2.46. The third-order valence-electron chi connectivity index (χ3n) is 3.70. The van der Waals surface area contributed by atoms with Crippen LogP contribution in [0.15, 0.2) is 72.8 Å². The van der Waals surface area contributed by atoms with Gasteiger partial charge in [-0.05, 0) is 61.5 Å². The van der Waals surface area contributed by atoms with Crippen molar-refractivity contribution in [2.45, 2.75) is 6.92 Å². The first-order valence-corrected chi connectivity index (χ1v) is 7.89.